The van der Waals surface area contributed by atoms with Crippen LogP contribution in [-0.2, 0) is 6.54 Å². The van der Waals surface area contributed by atoms with Crippen LogP contribution in [0.4, 0.5) is 8.78 Å². The average Bonchev–Trinajstić information content (AvgIpc) is 2.84. The van der Waals surface area contributed by atoms with Crippen LogP contribution < -0.4 is 0 Å². The Morgan fingerprint density at radius 1 is 1.56 bits per heavy atom. The quantitative estimate of drug-likeness (QED) is 0.256. The van der Waals surface area contributed by atoms with E-state index in [0.29, 0.717) is 23.0 Å². The van der Waals surface area contributed by atoms with Crippen molar-refractivity contribution in [1.82, 2.24) is 9.88 Å². The summed E-state index contributed by atoms with van der Waals surface area (Å²) in [5.41, 5.74) is -1.62. The third-order valence-electron chi connectivity index (χ3n) is 3.25. The van der Waals surface area contributed by atoms with E-state index in [9.17, 15) is 13.6 Å². The highest BCUT2D eigenvalue weighted by Crippen LogP contribution is 2.28. The van der Waals surface area contributed by atoms with Gasteiger partial charge in [-0.15, -0.1) is 0 Å². The highest BCUT2D eigenvalue weighted by molar-refractivity contribution is 7.18. The number of rotatable bonds is 6. The largest absolute Gasteiger partial charge is 0.514 e. The fourth-order valence-corrected chi connectivity index (χ4v) is 2.68. The molecule has 1 aromatic heterocycles. The number of halogens is 4. The number of nitrogens with zero attached hydrogens (tertiary/aromatic N) is 3. The molecule has 1 N–H and O–H groups in total. The molecule has 0 radical (unpaired) electrons. The number of fused-ring (bicyclic) bond motifs is 1. The smallest absolute Gasteiger partial charge is 0.277 e. The average molecular weight is 408 g/mol. The summed E-state index contributed by atoms with van der Waals surface area (Å²) in [7, 11) is 1.39. The van der Waals surface area contributed by atoms with E-state index in [1.807, 2.05) is 0 Å². The molecule has 0 fully saturated rings. The molecule has 0 bridgehead atoms. The van der Waals surface area contributed by atoms with E-state index in [0.717, 1.165) is 0 Å². The Balaban J connectivity index is 2.19. The van der Waals surface area contributed by atoms with Gasteiger partial charge in [0.2, 0.25) is 0 Å². The van der Waals surface area contributed by atoms with E-state index in [-0.39, 0.29) is 29.2 Å². The first-order valence-electron chi connectivity index (χ1n) is 7.01. The van der Waals surface area contributed by atoms with Crippen LogP contribution in [0.25, 0.3) is 0 Å². The minimum Gasteiger partial charge on any atom is -0.514 e. The first-order valence-corrected chi connectivity index (χ1v) is 8.34. The van der Waals surface area contributed by atoms with E-state index in [1.54, 1.807) is 6.07 Å². The fourth-order valence-electron chi connectivity index (χ4n) is 2.22. The molecule has 1 atom stereocenters. The Morgan fingerprint density at radius 2 is 2.28 bits per heavy atom. The van der Waals surface area contributed by atoms with Crippen molar-refractivity contribution in [3.05, 3.63) is 51.5 Å². The number of pyridine rings is 1. The monoisotopic (exact) mass is 407 g/mol. The maximum atomic E-state index is 12.9. The summed E-state index contributed by atoms with van der Waals surface area (Å²) in [6.07, 6.45) is 4.62. The van der Waals surface area contributed by atoms with Crippen LogP contribution in [0.1, 0.15) is 15.9 Å². The molecule has 2 heterocycles. The summed E-state index contributed by atoms with van der Waals surface area (Å²) >= 11 is 11.7. The van der Waals surface area contributed by atoms with Gasteiger partial charge in [-0.1, -0.05) is 32.4 Å². The molecule has 0 saturated carbocycles. The highest BCUT2D eigenvalue weighted by Gasteiger charge is 2.29. The lowest BCUT2D eigenvalue weighted by Crippen LogP contribution is -2.26. The van der Waals surface area contributed by atoms with Crippen molar-refractivity contribution in [2.24, 2.45) is 4.99 Å². The number of carbonyl (C=O) groups is 1. The molecule has 5 nitrogen and oxygen atoms in total. The first-order chi connectivity index (χ1) is 11.7. The SMILES string of the molecule is O=C1c2ccnc(Cl)c2CN1CC(/C=N\CC(F)(F)P)=C/C(Cl)=C/O. The minimum absolute atomic E-state index is 0.0251. The van der Waals surface area contributed by atoms with Crippen LogP contribution in [-0.4, -0.2) is 45.9 Å². The van der Waals surface area contributed by atoms with Gasteiger partial charge in [0.25, 0.3) is 11.6 Å². The molecule has 1 aromatic rings. The van der Waals surface area contributed by atoms with Gasteiger partial charge in [-0.2, -0.15) is 0 Å². The maximum absolute atomic E-state index is 12.9. The van der Waals surface area contributed by atoms with Crippen LogP contribution >= 0.6 is 32.4 Å². The van der Waals surface area contributed by atoms with Gasteiger partial charge in [0.15, 0.2) is 0 Å². The molecule has 1 unspecified atom stereocenters. The summed E-state index contributed by atoms with van der Waals surface area (Å²) in [4.78, 5) is 21.5. The molecule has 1 aliphatic heterocycles. The lowest BCUT2D eigenvalue weighted by molar-refractivity contribution is 0.0794. The van der Waals surface area contributed by atoms with Crippen molar-refractivity contribution in [2.45, 2.75) is 12.2 Å². The van der Waals surface area contributed by atoms with E-state index < -0.39 is 12.2 Å². The normalized spacial score (nSPS) is 16.0. The van der Waals surface area contributed by atoms with Gasteiger partial charge < -0.3 is 10.0 Å². The van der Waals surface area contributed by atoms with Gasteiger partial charge in [-0.05, 0) is 17.7 Å². The topological polar surface area (TPSA) is 65.8 Å². The number of allylic oxidation sites excluding steroid dienone is 2. The summed E-state index contributed by atoms with van der Waals surface area (Å²) < 4.78 is 25.7. The van der Waals surface area contributed by atoms with Gasteiger partial charge in [-0.25, -0.2) is 13.8 Å². The van der Waals surface area contributed by atoms with Crippen molar-refractivity contribution < 1.29 is 18.7 Å². The molecule has 2 rings (SSSR count). The Hall–Kier alpha value is -1.56. The Bertz CT molecular complexity index is 764. The number of hydrogen-bond donors (Lipinski definition) is 1. The lowest BCUT2D eigenvalue weighted by Gasteiger charge is -2.16. The fraction of sp³-hybridized carbons (Fsp3) is 0.267. The molecule has 1 aliphatic rings. The Labute approximate surface area is 155 Å². The molecule has 10 heteroatoms. The minimum atomic E-state index is -3.03. The number of amides is 1. The third kappa shape index (κ3) is 5.46. The van der Waals surface area contributed by atoms with Crippen molar-refractivity contribution in [3.8, 4) is 0 Å². The van der Waals surface area contributed by atoms with Gasteiger partial charge in [-0.3, -0.25) is 9.79 Å². The second-order valence-electron chi connectivity index (χ2n) is 5.25. The number of aromatic nitrogens is 1. The molecule has 0 saturated heterocycles. The zero-order valence-electron chi connectivity index (χ0n) is 12.8. The standard InChI is InChI=1S/C15H14Cl2F2N3O2P/c16-10(7-23)3-9(4-20-8-15(18,19)25)5-22-6-12-11(14(22)24)1-2-21-13(12)17/h1-4,7,23H,5-6,8,25H2/b9-3+,10-7-,20-4-. The molecular formula is C15H14Cl2F2N3O2P. The van der Waals surface area contributed by atoms with E-state index in [2.05, 4.69) is 9.98 Å². The maximum Gasteiger partial charge on any atom is 0.277 e. The number of aliphatic imine (C=N–C) groups is 1. The van der Waals surface area contributed by atoms with Crippen molar-refractivity contribution in [1.29, 1.82) is 0 Å². The second kappa shape index (κ2) is 8.21. The second-order valence-corrected chi connectivity index (χ2v) is 6.89. The molecule has 134 valence electrons. The van der Waals surface area contributed by atoms with Crippen molar-refractivity contribution >= 4 is 44.6 Å². The van der Waals surface area contributed by atoms with Crippen molar-refractivity contribution in [2.75, 3.05) is 13.1 Å². The molecule has 25 heavy (non-hydrogen) atoms. The van der Waals surface area contributed by atoms with Gasteiger partial charge in [0, 0.05) is 30.1 Å². The number of aliphatic hydroxyl groups excluding tert-OH is 1. The number of alkyl halides is 2. The van der Waals surface area contributed by atoms with Gasteiger partial charge in [0.1, 0.15) is 11.7 Å². The lowest BCUT2D eigenvalue weighted by atomic mass is 10.2. The van der Waals surface area contributed by atoms with E-state index in [1.165, 1.54) is 32.6 Å². The highest BCUT2D eigenvalue weighted by atomic mass is 35.5. The summed E-state index contributed by atoms with van der Waals surface area (Å²) in [5, 5.41) is 9.13. The number of hydrogen-bond acceptors (Lipinski definition) is 4. The van der Waals surface area contributed by atoms with Crippen LogP contribution in [0.5, 0.6) is 0 Å². The van der Waals surface area contributed by atoms with E-state index in [4.69, 9.17) is 28.3 Å². The van der Waals surface area contributed by atoms with Gasteiger partial charge >= 0.3 is 0 Å². The predicted molar refractivity (Wildman–Crippen MR) is 96.7 cm³/mol. The van der Waals surface area contributed by atoms with Crippen LogP contribution in [0.15, 0.2) is 40.2 Å². The zero-order chi connectivity index (χ0) is 18.6. The molecule has 0 aromatic carbocycles. The molecule has 0 aliphatic carbocycles. The molecule has 1 amide bonds. The Morgan fingerprint density at radius 3 is 2.88 bits per heavy atom. The van der Waals surface area contributed by atoms with Gasteiger partial charge in [0.05, 0.1) is 17.8 Å². The third-order valence-corrected chi connectivity index (χ3v) is 3.96. The number of aliphatic hydroxyl groups is 1. The predicted octanol–water partition coefficient (Wildman–Crippen LogP) is 3.79. The summed E-state index contributed by atoms with van der Waals surface area (Å²) in [6, 6.07) is 1.57. The zero-order valence-corrected chi connectivity index (χ0v) is 15.5. The molecule has 0 spiro atoms. The molecular weight excluding hydrogens is 394 g/mol. The van der Waals surface area contributed by atoms with Crippen molar-refractivity contribution in [3.63, 3.8) is 0 Å². The Kier molecular flexibility index (Phi) is 6.49. The first kappa shape index (κ1) is 19.8. The van der Waals surface area contributed by atoms with E-state index >= 15 is 0 Å². The van der Waals surface area contributed by atoms with Crippen LogP contribution in [0, 0.1) is 0 Å². The summed E-state index contributed by atoms with van der Waals surface area (Å²) in [6.45, 7) is -0.453. The summed E-state index contributed by atoms with van der Waals surface area (Å²) in [5.74, 6) is -0.265. The van der Waals surface area contributed by atoms with Crippen LogP contribution in [0.2, 0.25) is 5.15 Å². The number of carbonyl (C=O) groups excluding carboxylic acids is 1. The van der Waals surface area contributed by atoms with Crippen LogP contribution in [0.3, 0.4) is 0 Å².